The molecule has 0 bridgehead atoms. The maximum Gasteiger partial charge on any atom is 0.244 e. The number of hydrogen-bond donors (Lipinski definition) is 1. The largest absolute Gasteiger partial charge is 0.273 e. The SMILES string of the molecule is CC(/C=N\NC(=O)Cc1ccc(Br)c2ccccc12)=C\c1ccccc1. The zero-order chi connectivity index (χ0) is 18.4. The van der Waals surface area contributed by atoms with Crippen molar-refractivity contribution in [2.75, 3.05) is 0 Å². The molecule has 1 N–H and O–H groups in total. The van der Waals surface area contributed by atoms with Gasteiger partial charge in [0.25, 0.3) is 0 Å². The zero-order valence-electron chi connectivity index (χ0n) is 14.4. The Hall–Kier alpha value is -2.72. The summed E-state index contributed by atoms with van der Waals surface area (Å²) >= 11 is 3.55. The molecule has 0 heterocycles. The number of benzene rings is 3. The highest BCUT2D eigenvalue weighted by Gasteiger charge is 2.08. The van der Waals surface area contributed by atoms with Crippen LogP contribution in [0.25, 0.3) is 16.8 Å². The van der Waals surface area contributed by atoms with Gasteiger partial charge in [-0.25, -0.2) is 5.43 Å². The maximum absolute atomic E-state index is 12.2. The minimum atomic E-state index is -0.138. The van der Waals surface area contributed by atoms with Crippen molar-refractivity contribution in [2.45, 2.75) is 13.3 Å². The molecule has 3 rings (SSSR count). The Kier molecular flexibility index (Phi) is 5.97. The van der Waals surface area contributed by atoms with E-state index in [2.05, 4.69) is 26.5 Å². The molecule has 0 unspecified atom stereocenters. The Morgan fingerprint density at radius 3 is 2.46 bits per heavy atom. The summed E-state index contributed by atoms with van der Waals surface area (Å²) in [5.74, 6) is -0.138. The minimum Gasteiger partial charge on any atom is -0.273 e. The second-order valence-electron chi connectivity index (χ2n) is 6.02. The molecule has 0 aliphatic heterocycles. The van der Waals surface area contributed by atoms with E-state index in [0.29, 0.717) is 0 Å². The summed E-state index contributed by atoms with van der Waals surface area (Å²) < 4.78 is 1.02. The summed E-state index contributed by atoms with van der Waals surface area (Å²) in [5.41, 5.74) is 5.65. The third-order valence-corrected chi connectivity index (χ3v) is 4.66. The predicted molar refractivity (Wildman–Crippen MR) is 112 cm³/mol. The first kappa shape index (κ1) is 18.1. The number of carbonyl (C=O) groups is 1. The number of amides is 1. The van der Waals surface area contributed by atoms with Gasteiger partial charge in [-0.1, -0.05) is 82.7 Å². The molecule has 1 amide bonds. The summed E-state index contributed by atoms with van der Waals surface area (Å²) in [5, 5.41) is 6.23. The average molecular weight is 407 g/mol. The molecule has 130 valence electrons. The van der Waals surface area contributed by atoms with Gasteiger partial charge in [-0.2, -0.15) is 5.10 Å². The summed E-state index contributed by atoms with van der Waals surface area (Å²) in [6.45, 7) is 1.95. The van der Waals surface area contributed by atoms with E-state index in [9.17, 15) is 4.79 Å². The van der Waals surface area contributed by atoms with Gasteiger partial charge in [0.15, 0.2) is 0 Å². The second-order valence-corrected chi connectivity index (χ2v) is 6.88. The fourth-order valence-electron chi connectivity index (χ4n) is 2.75. The fourth-order valence-corrected chi connectivity index (χ4v) is 3.22. The van der Waals surface area contributed by atoms with Crippen LogP contribution < -0.4 is 5.43 Å². The van der Waals surface area contributed by atoms with Crippen molar-refractivity contribution in [1.82, 2.24) is 5.43 Å². The van der Waals surface area contributed by atoms with Crippen LogP contribution in [0.5, 0.6) is 0 Å². The van der Waals surface area contributed by atoms with Crippen molar-refractivity contribution in [3.8, 4) is 0 Å². The molecule has 0 aliphatic carbocycles. The normalized spacial score (nSPS) is 11.8. The van der Waals surface area contributed by atoms with Gasteiger partial charge in [0.1, 0.15) is 0 Å². The quantitative estimate of drug-likeness (QED) is 0.450. The van der Waals surface area contributed by atoms with Gasteiger partial charge in [0, 0.05) is 4.47 Å². The summed E-state index contributed by atoms with van der Waals surface area (Å²) in [6.07, 6.45) is 3.95. The van der Waals surface area contributed by atoms with Crippen molar-refractivity contribution >= 4 is 44.9 Å². The molecule has 0 aromatic heterocycles. The number of hydrazone groups is 1. The van der Waals surface area contributed by atoms with Crippen LogP contribution in [-0.2, 0) is 11.2 Å². The van der Waals surface area contributed by atoms with Crippen LogP contribution in [0.2, 0.25) is 0 Å². The van der Waals surface area contributed by atoms with E-state index in [0.717, 1.165) is 31.9 Å². The van der Waals surface area contributed by atoms with Crippen LogP contribution in [0.4, 0.5) is 0 Å². The van der Waals surface area contributed by atoms with Gasteiger partial charge in [-0.15, -0.1) is 0 Å². The number of halogens is 1. The van der Waals surface area contributed by atoms with Crippen molar-refractivity contribution in [3.63, 3.8) is 0 Å². The van der Waals surface area contributed by atoms with E-state index in [-0.39, 0.29) is 12.3 Å². The molecule has 0 fully saturated rings. The Labute approximate surface area is 161 Å². The number of nitrogens with zero attached hydrogens (tertiary/aromatic N) is 1. The van der Waals surface area contributed by atoms with Gasteiger partial charge in [-0.3, -0.25) is 4.79 Å². The molecule has 3 nitrogen and oxygen atoms in total. The number of nitrogens with one attached hydrogen (secondary N) is 1. The van der Waals surface area contributed by atoms with Crippen molar-refractivity contribution in [2.24, 2.45) is 5.10 Å². The summed E-state index contributed by atoms with van der Waals surface area (Å²) in [6, 6.07) is 22.0. The first-order chi connectivity index (χ1) is 12.6. The van der Waals surface area contributed by atoms with Crippen LogP contribution in [0, 0.1) is 0 Å². The first-order valence-corrected chi connectivity index (χ1v) is 9.14. The lowest BCUT2D eigenvalue weighted by molar-refractivity contribution is -0.120. The molecule has 0 atom stereocenters. The molecule has 0 radical (unpaired) electrons. The van der Waals surface area contributed by atoms with Crippen LogP contribution >= 0.6 is 15.9 Å². The van der Waals surface area contributed by atoms with E-state index < -0.39 is 0 Å². The average Bonchev–Trinajstić information content (AvgIpc) is 2.65. The molecular formula is C22H19BrN2O. The lowest BCUT2D eigenvalue weighted by Crippen LogP contribution is -2.19. The molecule has 26 heavy (non-hydrogen) atoms. The highest BCUT2D eigenvalue weighted by molar-refractivity contribution is 9.10. The zero-order valence-corrected chi connectivity index (χ0v) is 16.0. The van der Waals surface area contributed by atoms with E-state index in [1.807, 2.05) is 79.7 Å². The fraction of sp³-hybridized carbons (Fsp3) is 0.0909. The number of hydrogen-bond acceptors (Lipinski definition) is 2. The molecule has 3 aromatic rings. The van der Waals surface area contributed by atoms with Crippen LogP contribution in [-0.4, -0.2) is 12.1 Å². The third-order valence-electron chi connectivity index (χ3n) is 3.96. The van der Waals surface area contributed by atoms with E-state index in [1.54, 1.807) is 6.21 Å². The van der Waals surface area contributed by atoms with Gasteiger partial charge in [0.05, 0.1) is 12.6 Å². The maximum atomic E-state index is 12.2. The molecular weight excluding hydrogens is 388 g/mol. The Morgan fingerprint density at radius 2 is 1.69 bits per heavy atom. The standard InChI is InChI=1S/C22H19BrN2O/c1-16(13-17-7-3-2-4-8-17)15-24-25-22(26)14-18-11-12-21(23)20-10-6-5-9-19(18)20/h2-13,15H,14H2,1H3,(H,25,26)/b16-13+,24-15-. The Morgan fingerprint density at radius 1 is 1.00 bits per heavy atom. The Balaban J connectivity index is 1.65. The molecule has 0 aliphatic rings. The van der Waals surface area contributed by atoms with E-state index >= 15 is 0 Å². The number of carbonyl (C=O) groups excluding carboxylic acids is 1. The van der Waals surface area contributed by atoms with Crippen LogP contribution in [0.3, 0.4) is 0 Å². The monoisotopic (exact) mass is 406 g/mol. The molecule has 0 saturated carbocycles. The number of fused-ring (bicyclic) bond motifs is 1. The third kappa shape index (κ3) is 4.67. The molecule has 3 aromatic carbocycles. The minimum absolute atomic E-state index is 0.138. The molecule has 0 saturated heterocycles. The van der Waals surface area contributed by atoms with Gasteiger partial charge in [-0.05, 0) is 40.5 Å². The summed E-state index contributed by atoms with van der Waals surface area (Å²) in [4.78, 5) is 12.2. The van der Waals surface area contributed by atoms with E-state index in [1.165, 1.54) is 0 Å². The highest BCUT2D eigenvalue weighted by Crippen LogP contribution is 2.27. The topological polar surface area (TPSA) is 41.5 Å². The smallest absolute Gasteiger partial charge is 0.244 e. The van der Waals surface area contributed by atoms with Crippen molar-refractivity contribution in [1.29, 1.82) is 0 Å². The Bertz CT molecular complexity index is 978. The van der Waals surface area contributed by atoms with Crippen LogP contribution in [0.1, 0.15) is 18.1 Å². The molecule has 4 heteroatoms. The van der Waals surface area contributed by atoms with Crippen molar-refractivity contribution in [3.05, 3.63) is 87.9 Å². The highest BCUT2D eigenvalue weighted by atomic mass is 79.9. The predicted octanol–water partition coefficient (Wildman–Crippen LogP) is 5.35. The summed E-state index contributed by atoms with van der Waals surface area (Å²) in [7, 11) is 0. The number of allylic oxidation sites excluding steroid dienone is 1. The first-order valence-electron chi connectivity index (χ1n) is 8.35. The lowest BCUT2D eigenvalue weighted by atomic mass is 10.0. The van der Waals surface area contributed by atoms with Crippen LogP contribution in [0.15, 0.2) is 81.9 Å². The van der Waals surface area contributed by atoms with Gasteiger partial charge < -0.3 is 0 Å². The van der Waals surface area contributed by atoms with E-state index in [4.69, 9.17) is 0 Å². The second kappa shape index (κ2) is 8.59. The number of rotatable bonds is 5. The van der Waals surface area contributed by atoms with Crippen molar-refractivity contribution < 1.29 is 4.79 Å². The van der Waals surface area contributed by atoms with Gasteiger partial charge >= 0.3 is 0 Å². The lowest BCUT2D eigenvalue weighted by Gasteiger charge is -2.07. The molecule has 0 spiro atoms. The van der Waals surface area contributed by atoms with Gasteiger partial charge in [0.2, 0.25) is 5.91 Å².